The normalized spacial score (nSPS) is 10.8. The molecule has 2 aromatic carbocycles. The summed E-state index contributed by atoms with van der Waals surface area (Å²) in [5.41, 5.74) is 15.3. The first-order chi connectivity index (χ1) is 13.5. The topological polar surface area (TPSA) is 110 Å². The Kier molecular flexibility index (Phi) is 5.86. The van der Waals surface area contributed by atoms with Crippen molar-refractivity contribution in [2.45, 2.75) is 6.54 Å². The molecule has 3 rings (SSSR count). The second kappa shape index (κ2) is 8.68. The highest BCUT2D eigenvalue weighted by molar-refractivity contribution is 6.05. The summed E-state index contributed by atoms with van der Waals surface area (Å²) in [5, 5.41) is 3.14. The molecule has 0 saturated carbocycles. The molecule has 5 N–H and O–H groups in total. The number of para-hydroxylation sites is 2. The van der Waals surface area contributed by atoms with Crippen molar-refractivity contribution in [2.24, 2.45) is 0 Å². The van der Waals surface area contributed by atoms with E-state index in [0.717, 1.165) is 16.8 Å². The van der Waals surface area contributed by atoms with Crippen LogP contribution in [0.4, 0.5) is 23.0 Å². The number of nitrogen functional groups attached to an aromatic ring is 2. The standard InChI is InChI=1S/C21H22N6O/c1-27(19-5-3-2-4-18(19)23)20(28)11-8-16-13-25-21(26-14-16)24-12-15-6-9-17(22)10-7-15/h2-11,13-14H,12,22-23H2,1H3,(H,24,25,26)/b11-8+. The molecule has 142 valence electrons. The van der Waals surface area contributed by atoms with Gasteiger partial charge in [-0.15, -0.1) is 0 Å². The Balaban J connectivity index is 1.58. The number of hydrogen-bond donors (Lipinski definition) is 3. The van der Waals surface area contributed by atoms with Crippen molar-refractivity contribution in [2.75, 3.05) is 28.7 Å². The average Bonchev–Trinajstić information content (AvgIpc) is 2.72. The number of likely N-dealkylation sites (N-methyl/N-ethyl adjacent to an activating group) is 1. The van der Waals surface area contributed by atoms with Crippen molar-refractivity contribution < 1.29 is 4.79 Å². The number of rotatable bonds is 6. The summed E-state index contributed by atoms with van der Waals surface area (Å²) in [7, 11) is 1.68. The molecule has 0 saturated heterocycles. The molecule has 0 bridgehead atoms. The van der Waals surface area contributed by atoms with Gasteiger partial charge in [-0.3, -0.25) is 4.79 Å². The van der Waals surface area contributed by atoms with Gasteiger partial charge in [-0.25, -0.2) is 9.97 Å². The minimum Gasteiger partial charge on any atom is -0.399 e. The molecule has 1 amide bonds. The van der Waals surface area contributed by atoms with E-state index in [2.05, 4.69) is 15.3 Å². The highest BCUT2D eigenvalue weighted by Crippen LogP contribution is 2.21. The third kappa shape index (κ3) is 4.85. The Labute approximate surface area is 163 Å². The van der Waals surface area contributed by atoms with Crippen LogP contribution in [0.2, 0.25) is 0 Å². The van der Waals surface area contributed by atoms with Gasteiger partial charge in [-0.2, -0.15) is 0 Å². The Morgan fingerprint density at radius 2 is 1.75 bits per heavy atom. The molecule has 0 radical (unpaired) electrons. The summed E-state index contributed by atoms with van der Waals surface area (Å²) in [5.74, 6) is 0.318. The maximum absolute atomic E-state index is 12.3. The van der Waals surface area contributed by atoms with Crippen LogP contribution < -0.4 is 21.7 Å². The number of nitrogens with two attached hydrogens (primary N) is 2. The molecule has 0 spiro atoms. The number of nitrogens with zero attached hydrogens (tertiary/aromatic N) is 3. The smallest absolute Gasteiger partial charge is 0.250 e. The molecule has 1 aromatic heterocycles. The molecule has 28 heavy (non-hydrogen) atoms. The number of carbonyl (C=O) groups is 1. The third-order valence-electron chi connectivity index (χ3n) is 4.15. The number of amides is 1. The van der Waals surface area contributed by atoms with E-state index in [1.54, 1.807) is 37.7 Å². The molecule has 0 aliphatic heterocycles. The lowest BCUT2D eigenvalue weighted by atomic mass is 10.2. The zero-order valence-corrected chi connectivity index (χ0v) is 15.5. The van der Waals surface area contributed by atoms with E-state index < -0.39 is 0 Å². The van der Waals surface area contributed by atoms with Crippen LogP contribution in [-0.4, -0.2) is 22.9 Å². The van der Waals surface area contributed by atoms with Gasteiger partial charge in [0.2, 0.25) is 5.95 Å². The number of anilines is 4. The first kappa shape index (κ1) is 18.9. The lowest BCUT2D eigenvalue weighted by molar-refractivity contribution is -0.113. The van der Waals surface area contributed by atoms with Crippen LogP contribution in [0, 0.1) is 0 Å². The number of aromatic nitrogens is 2. The summed E-state index contributed by atoms with van der Waals surface area (Å²) >= 11 is 0. The molecule has 7 heteroatoms. The van der Waals surface area contributed by atoms with Crippen molar-refractivity contribution in [3.8, 4) is 0 Å². The van der Waals surface area contributed by atoms with Crippen molar-refractivity contribution >= 4 is 35.0 Å². The first-order valence-electron chi connectivity index (χ1n) is 8.73. The van der Waals surface area contributed by atoms with Crippen molar-refractivity contribution in [3.05, 3.63) is 78.1 Å². The quantitative estimate of drug-likeness (QED) is 0.452. The highest BCUT2D eigenvalue weighted by atomic mass is 16.2. The fourth-order valence-electron chi connectivity index (χ4n) is 2.52. The maximum atomic E-state index is 12.3. The summed E-state index contributed by atoms with van der Waals surface area (Å²) in [6.07, 6.45) is 6.44. The molecule has 0 aliphatic carbocycles. The molecular formula is C21H22N6O. The summed E-state index contributed by atoms with van der Waals surface area (Å²) in [4.78, 5) is 22.4. The van der Waals surface area contributed by atoms with E-state index in [4.69, 9.17) is 11.5 Å². The van der Waals surface area contributed by atoms with E-state index in [-0.39, 0.29) is 5.91 Å². The lowest BCUT2D eigenvalue weighted by Gasteiger charge is -2.17. The highest BCUT2D eigenvalue weighted by Gasteiger charge is 2.10. The van der Waals surface area contributed by atoms with Crippen molar-refractivity contribution in [1.82, 2.24) is 9.97 Å². The molecule has 0 unspecified atom stereocenters. The summed E-state index contributed by atoms with van der Waals surface area (Å²) in [6, 6.07) is 14.8. The second-order valence-electron chi connectivity index (χ2n) is 6.22. The predicted molar refractivity (Wildman–Crippen MR) is 114 cm³/mol. The zero-order valence-electron chi connectivity index (χ0n) is 15.5. The Morgan fingerprint density at radius 1 is 1.07 bits per heavy atom. The van der Waals surface area contributed by atoms with Crippen LogP contribution in [0.5, 0.6) is 0 Å². The van der Waals surface area contributed by atoms with E-state index >= 15 is 0 Å². The number of benzene rings is 2. The SMILES string of the molecule is CN(C(=O)/C=C/c1cnc(NCc2ccc(N)cc2)nc1)c1ccccc1N. The second-order valence-corrected chi connectivity index (χ2v) is 6.22. The molecule has 1 heterocycles. The minimum absolute atomic E-state index is 0.191. The van der Waals surface area contributed by atoms with E-state index in [0.29, 0.717) is 23.9 Å². The number of carbonyl (C=O) groups excluding carboxylic acids is 1. The van der Waals surface area contributed by atoms with Crippen molar-refractivity contribution in [1.29, 1.82) is 0 Å². The van der Waals surface area contributed by atoms with Gasteiger partial charge in [0, 0.05) is 43.3 Å². The van der Waals surface area contributed by atoms with Crippen LogP contribution >= 0.6 is 0 Å². The van der Waals surface area contributed by atoms with Gasteiger partial charge in [-0.1, -0.05) is 24.3 Å². The van der Waals surface area contributed by atoms with Gasteiger partial charge in [0.05, 0.1) is 11.4 Å². The van der Waals surface area contributed by atoms with Crippen LogP contribution in [0.25, 0.3) is 6.08 Å². The third-order valence-corrected chi connectivity index (χ3v) is 4.15. The zero-order chi connectivity index (χ0) is 19.9. The predicted octanol–water partition coefficient (Wildman–Crippen LogP) is 2.93. The maximum Gasteiger partial charge on any atom is 0.250 e. The van der Waals surface area contributed by atoms with Crippen LogP contribution in [0.15, 0.2) is 67.0 Å². The van der Waals surface area contributed by atoms with Gasteiger partial charge in [0.25, 0.3) is 5.91 Å². The Hall–Kier alpha value is -3.87. The molecule has 0 fully saturated rings. The lowest BCUT2D eigenvalue weighted by Crippen LogP contribution is -2.24. The minimum atomic E-state index is -0.191. The fourth-order valence-corrected chi connectivity index (χ4v) is 2.52. The molecular weight excluding hydrogens is 352 g/mol. The Morgan fingerprint density at radius 3 is 2.43 bits per heavy atom. The largest absolute Gasteiger partial charge is 0.399 e. The first-order valence-corrected chi connectivity index (χ1v) is 8.73. The molecule has 7 nitrogen and oxygen atoms in total. The summed E-state index contributed by atoms with van der Waals surface area (Å²) in [6.45, 7) is 0.594. The molecule has 0 aliphatic rings. The average molecular weight is 374 g/mol. The van der Waals surface area contributed by atoms with Gasteiger partial charge in [-0.05, 0) is 35.9 Å². The number of nitrogens with one attached hydrogen (secondary N) is 1. The molecule has 0 atom stereocenters. The van der Waals surface area contributed by atoms with Crippen LogP contribution in [0.1, 0.15) is 11.1 Å². The van der Waals surface area contributed by atoms with Crippen molar-refractivity contribution in [3.63, 3.8) is 0 Å². The van der Waals surface area contributed by atoms with Gasteiger partial charge >= 0.3 is 0 Å². The summed E-state index contributed by atoms with van der Waals surface area (Å²) < 4.78 is 0. The van der Waals surface area contributed by atoms with Gasteiger partial charge < -0.3 is 21.7 Å². The Bertz CT molecular complexity index is 967. The fraction of sp³-hybridized carbons (Fsp3) is 0.0952. The van der Waals surface area contributed by atoms with E-state index in [9.17, 15) is 4.79 Å². The monoisotopic (exact) mass is 374 g/mol. The van der Waals surface area contributed by atoms with Crippen LogP contribution in [-0.2, 0) is 11.3 Å². The van der Waals surface area contributed by atoms with Gasteiger partial charge in [0.15, 0.2) is 0 Å². The number of hydrogen-bond acceptors (Lipinski definition) is 6. The van der Waals surface area contributed by atoms with Crippen LogP contribution in [0.3, 0.4) is 0 Å². The van der Waals surface area contributed by atoms with E-state index in [1.165, 1.54) is 11.0 Å². The van der Waals surface area contributed by atoms with E-state index in [1.807, 2.05) is 36.4 Å². The molecule has 3 aromatic rings. The van der Waals surface area contributed by atoms with Gasteiger partial charge in [0.1, 0.15) is 0 Å².